The van der Waals surface area contributed by atoms with E-state index in [1.54, 1.807) is 0 Å². The van der Waals surface area contributed by atoms with Crippen molar-refractivity contribution in [1.29, 1.82) is 0 Å². The Morgan fingerprint density at radius 3 is 2.39 bits per heavy atom. The standard InChI is InChI=1S/C13H17ClN2O2/c1-15-4-6-16(7-5-15)11-3-2-10(14)12-13(11)18-9-8-17-12/h2-3H,4-9H2,1H3. The summed E-state index contributed by atoms with van der Waals surface area (Å²) in [6, 6.07) is 3.92. The van der Waals surface area contributed by atoms with Gasteiger partial charge in [0.05, 0.1) is 10.7 Å². The Morgan fingerprint density at radius 1 is 1.00 bits per heavy atom. The fourth-order valence-electron chi connectivity index (χ4n) is 2.39. The normalized spacial score (nSPS) is 20.0. The van der Waals surface area contributed by atoms with Crippen molar-refractivity contribution in [3.63, 3.8) is 0 Å². The molecule has 5 heteroatoms. The second-order valence-corrected chi connectivity index (χ2v) is 5.12. The van der Waals surface area contributed by atoms with Crippen molar-refractivity contribution in [3.05, 3.63) is 17.2 Å². The third-order valence-electron chi connectivity index (χ3n) is 3.46. The van der Waals surface area contributed by atoms with Crippen LogP contribution in [0.25, 0.3) is 0 Å². The summed E-state index contributed by atoms with van der Waals surface area (Å²) in [5, 5.41) is 0.627. The maximum absolute atomic E-state index is 6.14. The quantitative estimate of drug-likeness (QED) is 0.776. The predicted octanol–water partition coefficient (Wildman–Crippen LogP) is 1.86. The summed E-state index contributed by atoms with van der Waals surface area (Å²) in [6.45, 7) is 5.31. The van der Waals surface area contributed by atoms with Crippen LogP contribution in [0.5, 0.6) is 11.5 Å². The predicted molar refractivity (Wildman–Crippen MR) is 72.2 cm³/mol. The summed E-state index contributed by atoms with van der Waals surface area (Å²) >= 11 is 6.14. The maximum atomic E-state index is 6.14. The number of benzene rings is 1. The van der Waals surface area contributed by atoms with Gasteiger partial charge in [-0.05, 0) is 19.2 Å². The molecule has 2 aliphatic heterocycles. The van der Waals surface area contributed by atoms with Gasteiger partial charge in [-0.2, -0.15) is 0 Å². The van der Waals surface area contributed by atoms with E-state index in [1.807, 2.05) is 12.1 Å². The molecular weight excluding hydrogens is 252 g/mol. The Balaban J connectivity index is 1.92. The zero-order chi connectivity index (χ0) is 12.5. The number of fused-ring (bicyclic) bond motifs is 1. The summed E-state index contributed by atoms with van der Waals surface area (Å²) < 4.78 is 11.4. The summed E-state index contributed by atoms with van der Waals surface area (Å²) in [6.07, 6.45) is 0. The second kappa shape index (κ2) is 4.86. The molecular formula is C13H17ClN2O2. The van der Waals surface area contributed by atoms with Gasteiger partial charge >= 0.3 is 0 Å². The first kappa shape index (κ1) is 11.9. The number of ether oxygens (including phenoxy) is 2. The monoisotopic (exact) mass is 268 g/mol. The lowest BCUT2D eigenvalue weighted by Gasteiger charge is -2.35. The zero-order valence-corrected chi connectivity index (χ0v) is 11.2. The molecule has 0 unspecified atom stereocenters. The summed E-state index contributed by atoms with van der Waals surface area (Å²) in [7, 11) is 2.15. The van der Waals surface area contributed by atoms with E-state index in [4.69, 9.17) is 21.1 Å². The van der Waals surface area contributed by atoms with Crippen molar-refractivity contribution in [2.75, 3.05) is 51.3 Å². The first-order valence-electron chi connectivity index (χ1n) is 6.27. The average Bonchev–Trinajstić information content (AvgIpc) is 2.41. The molecule has 0 N–H and O–H groups in total. The number of hydrogen-bond acceptors (Lipinski definition) is 4. The molecule has 0 aromatic heterocycles. The molecule has 0 aliphatic carbocycles. The van der Waals surface area contributed by atoms with Crippen LogP contribution in [0.2, 0.25) is 5.02 Å². The molecule has 0 atom stereocenters. The average molecular weight is 269 g/mol. The van der Waals surface area contributed by atoms with E-state index < -0.39 is 0 Å². The third-order valence-corrected chi connectivity index (χ3v) is 3.76. The summed E-state index contributed by atoms with van der Waals surface area (Å²) in [4.78, 5) is 4.67. The third kappa shape index (κ3) is 2.10. The Bertz CT molecular complexity index is 445. The van der Waals surface area contributed by atoms with Crippen molar-refractivity contribution in [3.8, 4) is 11.5 Å². The van der Waals surface area contributed by atoms with Gasteiger partial charge in [-0.15, -0.1) is 0 Å². The van der Waals surface area contributed by atoms with Crippen LogP contribution in [0.15, 0.2) is 12.1 Å². The highest BCUT2D eigenvalue weighted by Crippen LogP contribution is 2.44. The second-order valence-electron chi connectivity index (χ2n) is 4.71. The molecule has 0 amide bonds. The number of nitrogens with zero attached hydrogens (tertiary/aromatic N) is 2. The Hall–Kier alpha value is -1.13. The lowest BCUT2D eigenvalue weighted by molar-refractivity contribution is 0.171. The van der Waals surface area contributed by atoms with E-state index in [2.05, 4.69) is 16.8 Å². The largest absolute Gasteiger partial charge is 0.484 e. The minimum Gasteiger partial charge on any atom is -0.484 e. The number of hydrogen-bond donors (Lipinski definition) is 0. The molecule has 3 rings (SSSR count). The van der Waals surface area contributed by atoms with Crippen LogP contribution in [0.1, 0.15) is 0 Å². The van der Waals surface area contributed by atoms with Crippen molar-refractivity contribution in [2.45, 2.75) is 0 Å². The van der Waals surface area contributed by atoms with E-state index in [9.17, 15) is 0 Å². The molecule has 2 heterocycles. The van der Waals surface area contributed by atoms with Gasteiger partial charge in [-0.1, -0.05) is 11.6 Å². The van der Waals surface area contributed by atoms with Gasteiger partial charge in [0, 0.05) is 26.2 Å². The van der Waals surface area contributed by atoms with E-state index >= 15 is 0 Å². The molecule has 1 fully saturated rings. The molecule has 1 saturated heterocycles. The van der Waals surface area contributed by atoms with Crippen molar-refractivity contribution in [2.24, 2.45) is 0 Å². The lowest BCUT2D eigenvalue weighted by Crippen LogP contribution is -2.44. The number of anilines is 1. The van der Waals surface area contributed by atoms with Gasteiger partial charge in [-0.25, -0.2) is 0 Å². The van der Waals surface area contributed by atoms with E-state index in [0.29, 0.717) is 24.0 Å². The number of likely N-dealkylation sites (N-methyl/N-ethyl adjacent to an activating group) is 1. The van der Waals surface area contributed by atoms with Crippen LogP contribution in [-0.2, 0) is 0 Å². The molecule has 4 nitrogen and oxygen atoms in total. The summed E-state index contributed by atoms with van der Waals surface area (Å²) in [5.74, 6) is 1.50. The van der Waals surface area contributed by atoms with Crippen LogP contribution < -0.4 is 14.4 Å². The molecule has 18 heavy (non-hydrogen) atoms. The number of halogens is 1. The molecule has 0 radical (unpaired) electrons. The van der Waals surface area contributed by atoms with Gasteiger partial charge in [0.25, 0.3) is 0 Å². The zero-order valence-electron chi connectivity index (χ0n) is 10.5. The minimum absolute atomic E-state index is 0.568. The fraction of sp³-hybridized carbons (Fsp3) is 0.538. The first-order valence-corrected chi connectivity index (χ1v) is 6.65. The summed E-state index contributed by atoms with van der Waals surface area (Å²) in [5.41, 5.74) is 1.10. The Labute approximate surface area is 112 Å². The van der Waals surface area contributed by atoms with Gasteiger partial charge in [0.1, 0.15) is 13.2 Å². The molecule has 2 aliphatic rings. The van der Waals surface area contributed by atoms with Crippen molar-refractivity contribution < 1.29 is 9.47 Å². The topological polar surface area (TPSA) is 24.9 Å². The van der Waals surface area contributed by atoms with Gasteiger partial charge < -0.3 is 19.3 Å². The van der Waals surface area contributed by atoms with Crippen LogP contribution in [0.3, 0.4) is 0 Å². The Morgan fingerprint density at radius 2 is 1.67 bits per heavy atom. The SMILES string of the molecule is CN1CCN(c2ccc(Cl)c3c2OCCO3)CC1. The maximum Gasteiger partial charge on any atom is 0.186 e. The molecule has 0 spiro atoms. The van der Waals surface area contributed by atoms with Crippen LogP contribution in [-0.4, -0.2) is 51.3 Å². The van der Waals surface area contributed by atoms with E-state index in [-0.39, 0.29) is 0 Å². The van der Waals surface area contributed by atoms with Crippen molar-refractivity contribution in [1.82, 2.24) is 4.90 Å². The highest BCUT2D eigenvalue weighted by atomic mass is 35.5. The van der Waals surface area contributed by atoms with E-state index in [0.717, 1.165) is 37.6 Å². The van der Waals surface area contributed by atoms with Gasteiger partial charge in [0.15, 0.2) is 11.5 Å². The van der Waals surface area contributed by atoms with Crippen LogP contribution >= 0.6 is 11.6 Å². The van der Waals surface area contributed by atoms with E-state index in [1.165, 1.54) is 0 Å². The lowest BCUT2D eigenvalue weighted by atomic mass is 10.2. The highest BCUT2D eigenvalue weighted by Gasteiger charge is 2.24. The van der Waals surface area contributed by atoms with Gasteiger partial charge in [0.2, 0.25) is 0 Å². The molecule has 0 bridgehead atoms. The van der Waals surface area contributed by atoms with Gasteiger partial charge in [-0.3, -0.25) is 0 Å². The Kier molecular flexibility index (Phi) is 3.22. The number of rotatable bonds is 1. The molecule has 1 aromatic carbocycles. The van der Waals surface area contributed by atoms with Crippen molar-refractivity contribution >= 4 is 17.3 Å². The smallest absolute Gasteiger partial charge is 0.186 e. The molecule has 1 aromatic rings. The first-order chi connectivity index (χ1) is 8.75. The minimum atomic E-state index is 0.568. The molecule has 98 valence electrons. The van der Waals surface area contributed by atoms with Crippen LogP contribution in [0.4, 0.5) is 5.69 Å². The number of piperazine rings is 1. The fourth-order valence-corrected chi connectivity index (χ4v) is 2.59. The highest BCUT2D eigenvalue weighted by molar-refractivity contribution is 6.32. The molecule has 0 saturated carbocycles. The van der Waals surface area contributed by atoms with Crippen LogP contribution in [0, 0.1) is 0 Å².